The number of pyridine rings is 1. The predicted molar refractivity (Wildman–Crippen MR) is 60.5 cm³/mol. The lowest BCUT2D eigenvalue weighted by atomic mass is 9.75. The maximum absolute atomic E-state index is 11.5. The Morgan fingerprint density at radius 3 is 2.76 bits per heavy atom. The third kappa shape index (κ3) is 2.00. The molecule has 1 aromatic rings. The minimum Gasteiger partial charge on any atom is -0.481 e. The Morgan fingerprint density at radius 1 is 1.53 bits per heavy atom. The number of aliphatic carboxylic acids is 1. The maximum atomic E-state index is 11.5. The van der Waals surface area contributed by atoms with Gasteiger partial charge in [0.25, 0.3) is 0 Å². The molecule has 2 rings (SSSR count). The lowest BCUT2D eigenvalue weighted by Crippen LogP contribution is -2.51. The largest absolute Gasteiger partial charge is 0.481 e. The predicted octanol–water partition coefficient (Wildman–Crippen LogP) is 0.622. The first-order valence-electron chi connectivity index (χ1n) is 5.48. The van der Waals surface area contributed by atoms with Crippen LogP contribution in [-0.2, 0) is 15.0 Å². The molecule has 2 heterocycles. The molecule has 0 spiro atoms. The lowest BCUT2D eigenvalue weighted by Gasteiger charge is -2.33. The van der Waals surface area contributed by atoms with Gasteiger partial charge in [0.15, 0.2) is 0 Å². The number of carboxylic acid groups (broad SMARTS) is 1. The lowest BCUT2D eigenvalue weighted by molar-refractivity contribution is -0.145. The molecule has 0 radical (unpaired) electrons. The molecule has 1 aromatic heterocycles. The highest BCUT2D eigenvalue weighted by Crippen LogP contribution is 2.31. The topological polar surface area (TPSA) is 79.3 Å². The zero-order valence-corrected chi connectivity index (χ0v) is 9.56. The number of carbonyl (C=O) groups excluding carboxylic acids is 1. The molecule has 5 heteroatoms. The standard InChI is InChI=1S/C12H14N2O3/c1-8-2-3-9(6-13-8)12(11(16)17)5-4-10(15)14-7-12/h2-3,6H,4-5,7H2,1H3,(H,14,15)(H,16,17). The van der Waals surface area contributed by atoms with Gasteiger partial charge in [-0.05, 0) is 25.0 Å². The van der Waals surface area contributed by atoms with Crippen molar-refractivity contribution in [3.05, 3.63) is 29.6 Å². The number of amides is 1. The second-order valence-electron chi connectivity index (χ2n) is 4.35. The van der Waals surface area contributed by atoms with Gasteiger partial charge in [0, 0.05) is 24.9 Å². The summed E-state index contributed by atoms with van der Waals surface area (Å²) in [7, 11) is 0. The van der Waals surface area contributed by atoms with Gasteiger partial charge in [-0.2, -0.15) is 0 Å². The molecule has 0 bridgehead atoms. The quantitative estimate of drug-likeness (QED) is 0.786. The number of aryl methyl sites for hydroxylation is 1. The molecule has 1 amide bonds. The monoisotopic (exact) mass is 234 g/mol. The molecule has 1 unspecified atom stereocenters. The van der Waals surface area contributed by atoms with Gasteiger partial charge < -0.3 is 10.4 Å². The van der Waals surface area contributed by atoms with E-state index >= 15 is 0 Å². The van der Waals surface area contributed by atoms with E-state index < -0.39 is 11.4 Å². The first-order valence-corrected chi connectivity index (χ1v) is 5.48. The number of nitrogens with one attached hydrogen (secondary N) is 1. The second-order valence-corrected chi connectivity index (χ2v) is 4.35. The molecule has 90 valence electrons. The molecular weight excluding hydrogens is 220 g/mol. The Bertz CT molecular complexity index is 443. The summed E-state index contributed by atoms with van der Waals surface area (Å²) in [5.41, 5.74) is 0.457. The van der Waals surface area contributed by atoms with Gasteiger partial charge in [-0.25, -0.2) is 0 Å². The fourth-order valence-corrected chi connectivity index (χ4v) is 2.06. The Kier molecular flexibility index (Phi) is 2.83. The molecule has 1 fully saturated rings. The number of hydrogen-bond acceptors (Lipinski definition) is 3. The van der Waals surface area contributed by atoms with Gasteiger partial charge >= 0.3 is 5.97 Å². The third-order valence-corrected chi connectivity index (χ3v) is 3.24. The molecule has 17 heavy (non-hydrogen) atoms. The smallest absolute Gasteiger partial charge is 0.316 e. The summed E-state index contributed by atoms with van der Waals surface area (Å²) in [5, 5.41) is 12.0. The van der Waals surface area contributed by atoms with E-state index in [1.807, 2.05) is 6.92 Å². The number of hydrogen-bond donors (Lipinski definition) is 2. The summed E-state index contributed by atoms with van der Waals surface area (Å²) in [4.78, 5) is 26.8. The average molecular weight is 234 g/mol. The Morgan fingerprint density at radius 2 is 2.29 bits per heavy atom. The summed E-state index contributed by atoms with van der Waals surface area (Å²) in [6.07, 6.45) is 2.14. The van der Waals surface area contributed by atoms with E-state index in [1.165, 1.54) is 0 Å². The zero-order chi connectivity index (χ0) is 12.5. The van der Waals surface area contributed by atoms with Crippen molar-refractivity contribution in [2.45, 2.75) is 25.2 Å². The van der Waals surface area contributed by atoms with E-state index in [9.17, 15) is 14.7 Å². The van der Waals surface area contributed by atoms with Crippen molar-refractivity contribution < 1.29 is 14.7 Å². The van der Waals surface area contributed by atoms with Crippen molar-refractivity contribution in [3.8, 4) is 0 Å². The Hall–Kier alpha value is -1.91. The first kappa shape index (κ1) is 11.6. The number of rotatable bonds is 2. The molecular formula is C12H14N2O3. The molecule has 0 aromatic carbocycles. The van der Waals surface area contributed by atoms with Crippen molar-refractivity contribution in [3.63, 3.8) is 0 Å². The summed E-state index contributed by atoms with van der Waals surface area (Å²) >= 11 is 0. The van der Waals surface area contributed by atoms with Gasteiger partial charge in [0.05, 0.1) is 0 Å². The van der Waals surface area contributed by atoms with Crippen LogP contribution in [0.1, 0.15) is 24.1 Å². The van der Waals surface area contributed by atoms with Crippen LogP contribution in [0.4, 0.5) is 0 Å². The van der Waals surface area contributed by atoms with E-state index in [1.54, 1.807) is 18.3 Å². The van der Waals surface area contributed by atoms with Gasteiger partial charge in [-0.3, -0.25) is 14.6 Å². The van der Waals surface area contributed by atoms with Gasteiger partial charge in [-0.1, -0.05) is 6.07 Å². The molecule has 0 aliphatic carbocycles. The number of carbonyl (C=O) groups is 2. The molecule has 1 aliphatic rings. The highest BCUT2D eigenvalue weighted by molar-refractivity contribution is 5.86. The van der Waals surface area contributed by atoms with Crippen molar-refractivity contribution in [1.29, 1.82) is 0 Å². The van der Waals surface area contributed by atoms with Crippen molar-refractivity contribution in [2.75, 3.05) is 6.54 Å². The number of aromatic nitrogens is 1. The minimum atomic E-state index is -1.03. The summed E-state index contributed by atoms with van der Waals surface area (Å²) in [5.74, 6) is -1.01. The highest BCUT2D eigenvalue weighted by atomic mass is 16.4. The van der Waals surface area contributed by atoms with Crippen LogP contribution in [0, 0.1) is 6.92 Å². The third-order valence-electron chi connectivity index (χ3n) is 3.24. The van der Waals surface area contributed by atoms with Crippen LogP contribution in [0.5, 0.6) is 0 Å². The molecule has 1 atom stereocenters. The Balaban J connectivity index is 2.38. The molecule has 2 N–H and O–H groups in total. The van der Waals surface area contributed by atoms with Crippen LogP contribution >= 0.6 is 0 Å². The van der Waals surface area contributed by atoms with Crippen LogP contribution in [0.25, 0.3) is 0 Å². The first-order chi connectivity index (χ1) is 8.04. The van der Waals surface area contributed by atoms with E-state index in [0.717, 1.165) is 5.69 Å². The Labute approximate surface area is 98.9 Å². The SMILES string of the molecule is Cc1ccc(C2(C(=O)O)CCC(=O)NC2)cn1. The van der Waals surface area contributed by atoms with Crippen LogP contribution < -0.4 is 5.32 Å². The molecule has 5 nitrogen and oxygen atoms in total. The van der Waals surface area contributed by atoms with Crippen LogP contribution in [0.3, 0.4) is 0 Å². The van der Waals surface area contributed by atoms with Crippen LogP contribution in [0.15, 0.2) is 18.3 Å². The van der Waals surface area contributed by atoms with Gasteiger partial charge in [-0.15, -0.1) is 0 Å². The number of carboxylic acids is 1. The minimum absolute atomic E-state index is 0.0954. The maximum Gasteiger partial charge on any atom is 0.316 e. The summed E-state index contributed by atoms with van der Waals surface area (Å²) in [6.45, 7) is 1.98. The second kappa shape index (κ2) is 4.16. The molecule has 1 aliphatic heterocycles. The summed E-state index contributed by atoms with van der Waals surface area (Å²) in [6, 6.07) is 3.56. The van der Waals surface area contributed by atoms with Crippen LogP contribution in [0.2, 0.25) is 0 Å². The molecule has 1 saturated heterocycles. The number of nitrogens with zero attached hydrogens (tertiary/aromatic N) is 1. The van der Waals surface area contributed by atoms with E-state index in [2.05, 4.69) is 10.3 Å². The van der Waals surface area contributed by atoms with Gasteiger partial charge in [0.1, 0.15) is 5.41 Å². The van der Waals surface area contributed by atoms with E-state index in [-0.39, 0.29) is 18.9 Å². The van der Waals surface area contributed by atoms with E-state index in [4.69, 9.17) is 0 Å². The normalized spacial score (nSPS) is 24.2. The highest BCUT2D eigenvalue weighted by Gasteiger charge is 2.43. The summed E-state index contributed by atoms with van der Waals surface area (Å²) < 4.78 is 0. The van der Waals surface area contributed by atoms with E-state index in [0.29, 0.717) is 12.0 Å². The van der Waals surface area contributed by atoms with Crippen molar-refractivity contribution in [1.82, 2.24) is 10.3 Å². The average Bonchev–Trinajstić information content (AvgIpc) is 2.31. The van der Waals surface area contributed by atoms with Crippen LogP contribution in [-0.4, -0.2) is 28.5 Å². The fourth-order valence-electron chi connectivity index (χ4n) is 2.06. The van der Waals surface area contributed by atoms with Crippen molar-refractivity contribution >= 4 is 11.9 Å². The molecule has 0 saturated carbocycles. The van der Waals surface area contributed by atoms with Gasteiger partial charge in [0.2, 0.25) is 5.91 Å². The number of piperidine rings is 1. The van der Waals surface area contributed by atoms with Crippen molar-refractivity contribution in [2.24, 2.45) is 0 Å². The zero-order valence-electron chi connectivity index (χ0n) is 9.56. The fraction of sp³-hybridized carbons (Fsp3) is 0.417.